The number of hydrogen-bond donors (Lipinski definition) is 0. The number of rotatable bonds is 2. The lowest BCUT2D eigenvalue weighted by molar-refractivity contribution is 1.42. The molecule has 1 nitrogen and oxygen atoms in total. The van der Waals surface area contributed by atoms with Crippen LogP contribution in [0.1, 0.15) is 6.92 Å². The van der Waals surface area contributed by atoms with Crippen molar-refractivity contribution in [3.8, 4) is 0 Å². The lowest BCUT2D eigenvalue weighted by Crippen LogP contribution is -1.70. The van der Waals surface area contributed by atoms with Crippen molar-refractivity contribution in [1.82, 2.24) is 0 Å². The molecule has 3 heteroatoms. The molecule has 0 spiro atoms. The van der Waals surface area contributed by atoms with Gasteiger partial charge in [0.05, 0.1) is 5.45 Å². The number of alkyl halides is 1. The van der Waals surface area contributed by atoms with E-state index in [9.17, 15) is 0 Å². The van der Waals surface area contributed by atoms with Crippen LogP contribution >= 0.6 is 31.9 Å². The molecule has 0 fully saturated rings. The largest absolute Gasteiger partial charge is 0.281 e. The third kappa shape index (κ3) is 4.53. The minimum Gasteiger partial charge on any atom is -0.281 e. The summed E-state index contributed by atoms with van der Waals surface area (Å²) in [6, 6.07) is 0. The topological polar surface area (TPSA) is 12.4 Å². The van der Waals surface area contributed by atoms with E-state index in [1.807, 2.05) is 13.0 Å². The number of allylic oxidation sites excluding steroid dienone is 2. The zero-order valence-electron chi connectivity index (χ0n) is 4.56. The zero-order valence-corrected chi connectivity index (χ0v) is 7.74. The first-order valence-corrected chi connectivity index (χ1v) is 4.10. The van der Waals surface area contributed by atoms with E-state index in [1.165, 1.54) is 0 Å². The van der Waals surface area contributed by atoms with Crippen molar-refractivity contribution in [2.75, 3.05) is 5.45 Å². The van der Waals surface area contributed by atoms with Gasteiger partial charge in [0.15, 0.2) is 0 Å². The Bertz CT molecular complexity index is 107. The normalized spacial score (nSPS) is 13.1. The Morgan fingerprint density at radius 2 is 2.38 bits per heavy atom. The average Bonchev–Trinajstić information content (AvgIpc) is 1.83. The first kappa shape index (κ1) is 8.37. The molecule has 0 atom stereocenters. The predicted molar refractivity (Wildman–Crippen MR) is 45.0 cm³/mol. The van der Waals surface area contributed by atoms with E-state index < -0.39 is 0 Å². The molecule has 8 heavy (non-hydrogen) atoms. The fourth-order valence-electron chi connectivity index (χ4n) is 0.196. The van der Waals surface area contributed by atoms with E-state index in [2.05, 4.69) is 36.9 Å². The smallest absolute Gasteiger partial charge is 0.0940 e. The van der Waals surface area contributed by atoms with Gasteiger partial charge in [0.25, 0.3) is 0 Å². The van der Waals surface area contributed by atoms with Crippen LogP contribution in [0.5, 0.6) is 0 Å². The second kappa shape index (κ2) is 5.51. The Morgan fingerprint density at radius 3 is 2.75 bits per heavy atom. The SMILES string of the molecule is C/C=C(Br)\C=N/CBr. The highest BCUT2D eigenvalue weighted by molar-refractivity contribution is 9.12. The molecule has 0 bridgehead atoms. The van der Waals surface area contributed by atoms with Crippen LogP contribution < -0.4 is 0 Å². The van der Waals surface area contributed by atoms with Crippen molar-refractivity contribution in [2.24, 2.45) is 4.99 Å². The fraction of sp³-hybridized carbons (Fsp3) is 0.400. The third-order valence-corrected chi connectivity index (χ3v) is 1.51. The molecule has 0 aromatic carbocycles. The number of aliphatic imine (C=N–C) groups is 1. The zero-order chi connectivity index (χ0) is 6.41. The highest BCUT2D eigenvalue weighted by Crippen LogP contribution is 1.99. The van der Waals surface area contributed by atoms with Gasteiger partial charge in [-0.1, -0.05) is 22.0 Å². The van der Waals surface area contributed by atoms with Gasteiger partial charge in [-0.3, -0.25) is 4.99 Å². The average molecular weight is 241 g/mol. The summed E-state index contributed by atoms with van der Waals surface area (Å²) in [7, 11) is 0. The van der Waals surface area contributed by atoms with Gasteiger partial charge in [-0.15, -0.1) is 0 Å². The minimum atomic E-state index is 0.663. The Morgan fingerprint density at radius 1 is 1.75 bits per heavy atom. The summed E-state index contributed by atoms with van der Waals surface area (Å²) in [6.07, 6.45) is 3.70. The van der Waals surface area contributed by atoms with Crippen molar-refractivity contribution < 1.29 is 0 Å². The Hall–Kier alpha value is 0.370. The Kier molecular flexibility index (Phi) is 5.76. The van der Waals surface area contributed by atoms with Gasteiger partial charge < -0.3 is 0 Å². The molecule has 0 unspecified atom stereocenters. The summed E-state index contributed by atoms with van der Waals surface area (Å²) in [5.41, 5.74) is 0.663. The van der Waals surface area contributed by atoms with Crippen LogP contribution in [0.3, 0.4) is 0 Å². The van der Waals surface area contributed by atoms with Gasteiger partial charge in [-0.25, -0.2) is 0 Å². The second-order valence-corrected chi connectivity index (χ2v) is 2.52. The fourth-order valence-corrected chi connectivity index (χ4v) is 0.486. The number of hydrogen-bond acceptors (Lipinski definition) is 1. The number of halogens is 2. The molecule has 0 radical (unpaired) electrons. The lowest BCUT2D eigenvalue weighted by atomic mass is 10.6. The van der Waals surface area contributed by atoms with E-state index in [-0.39, 0.29) is 0 Å². The minimum absolute atomic E-state index is 0.663. The highest BCUT2D eigenvalue weighted by Gasteiger charge is 1.76. The van der Waals surface area contributed by atoms with Crippen LogP contribution in [-0.4, -0.2) is 11.7 Å². The van der Waals surface area contributed by atoms with E-state index in [4.69, 9.17) is 0 Å². The highest BCUT2D eigenvalue weighted by atomic mass is 79.9. The van der Waals surface area contributed by atoms with Crippen molar-refractivity contribution >= 4 is 38.1 Å². The van der Waals surface area contributed by atoms with Crippen molar-refractivity contribution in [3.63, 3.8) is 0 Å². The molecule has 0 saturated carbocycles. The Balaban J connectivity index is 3.53. The van der Waals surface area contributed by atoms with Crippen LogP contribution in [0.4, 0.5) is 0 Å². The number of nitrogens with zero attached hydrogens (tertiary/aromatic N) is 1. The molecule has 0 aromatic rings. The van der Waals surface area contributed by atoms with Crippen LogP contribution in [-0.2, 0) is 0 Å². The van der Waals surface area contributed by atoms with Crippen LogP contribution in [0.15, 0.2) is 15.6 Å². The molecule has 0 rings (SSSR count). The van der Waals surface area contributed by atoms with Gasteiger partial charge >= 0.3 is 0 Å². The first-order chi connectivity index (χ1) is 3.81. The van der Waals surface area contributed by atoms with Crippen LogP contribution in [0.25, 0.3) is 0 Å². The molecule has 0 aliphatic heterocycles. The summed E-state index contributed by atoms with van der Waals surface area (Å²) in [4.78, 5) is 3.92. The molecular weight excluding hydrogens is 234 g/mol. The van der Waals surface area contributed by atoms with E-state index >= 15 is 0 Å². The molecule has 0 heterocycles. The third-order valence-electron chi connectivity index (χ3n) is 0.559. The molecule has 0 saturated heterocycles. The summed E-state index contributed by atoms with van der Waals surface area (Å²) in [5, 5.41) is 0. The van der Waals surface area contributed by atoms with Crippen molar-refractivity contribution in [3.05, 3.63) is 10.6 Å². The van der Waals surface area contributed by atoms with Gasteiger partial charge in [0, 0.05) is 10.7 Å². The maximum atomic E-state index is 3.92. The molecule has 0 aromatic heterocycles. The van der Waals surface area contributed by atoms with Crippen LogP contribution in [0.2, 0.25) is 0 Å². The molecule has 46 valence electrons. The van der Waals surface area contributed by atoms with Gasteiger partial charge in [-0.05, 0) is 22.9 Å². The second-order valence-electron chi connectivity index (χ2n) is 1.10. The molecule has 0 aliphatic rings. The van der Waals surface area contributed by atoms with E-state index in [1.54, 1.807) is 6.21 Å². The van der Waals surface area contributed by atoms with E-state index in [0.29, 0.717) is 5.45 Å². The quantitative estimate of drug-likeness (QED) is 0.400. The molecule has 0 N–H and O–H groups in total. The standard InChI is InChI=1S/C5H7Br2N/c1-2-5(7)3-8-4-6/h2-3H,4H2,1H3/b5-2+,8-3-. The molecule has 0 amide bonds. The van der Waals surface area contributed by atoms with Crippen molar-refractivity contribution in [1.29, 1.82) is 0 Å². The maximum Gasteiger partial charge on any atom is 0.0940 e. The Labute approximate surface area is 66.1 Å². The summed E-state index contributed by atoms with van der Waals surface area (Å²) in [5.74, 6) is 0. The summed E-state index contributed by atoms with van der Waals surface area (Å²) < 4.78 is 1.01. The molecule has 0 aliphatic carbocycles. The van der Waals surface area contributed by atoms with Gasteiger partial charge in [-0.2, -0.15) is 0 Å². The lowest BCUT2D eigenvalue weighted by Gasteiger charge is -1.80. The monoisotopic (exact) mass is 239 g/mol. The summed E-state index contributed by atoms with van der Waals surface area (Å²) >= 11 is 6.43. The van der Waals surface area contributed by atoms with Crippen LogP contribution in [0, 0.1) is 0 Å². The van der Waals surface area contributed by atoms with E-state index in [0.717, 1.165) is 4.48 Å². The van der Waals surface area contributed by atoms with Crippen molar-refractivity contribution in [2.45, 2.75) is 6.92 Å². The maximum absolute atomic E-state index is 3.92. The predicted octanol–water partition coefficient (Wildman–Crippen LogP) is 2.71. The molecular formula is C5H7Br2N. The van der Waals surface area contributed by atoms with Gasteiger partial charge in [0.2, 0.25) is 0 Å². The first-order valence-electron chi connectivity index (χ1n) is 2.19. The van der Waals surface area contributed by atoms with Gasteiger partial charge in [0.1, 0.15) is 0 Å². The summed E-state index contributed by atoms with van der Waals surface area (Å²) in [6.45, 7) is 1.95.